The third-order valence-electron chi connectivity index (χ3n) is 1.84. The van der Waals surface area contributed by atoms with Crippen molar-refractivity contribution >= 4 is 29.5 Å². The zero-order chi connectivity index (χ0) is 12.1. The fraction of sp³-hybridized carbons (Fsp3) is 0.222. The highest BCUT2D eigenvalue weighted by molar-refractivity contribution is 8.01. The third kappa shape index (κ3) is 2.82. The van der Waals surface area contributed by atoms with Crippen LogP contribution in [-0.2, 0) is 5.04 Å². The highest BCUT2D eigenvalue weighted by Crippen LogP contribution is 2.34. The van der Waals surface area contributed by atoms with Gasteiger partial charge in [0.1, 0.15) is 5.56 Å². The van der Waals surface area contributed by atoms with E-state index < -0.39 is 5.97 Å². The summed E-state index contributed by atoms with van der Waals surface area (Å²) in [4.78, 5) is 17.0. The average Bonchev–Trinajstić information content (AvgIpc) is 2.28. The van der Waals surface area contributed by atoms with Crippen LogP contribution in [0.25, 0.3) is 0 Å². The molecule has 0 amide bonds. The van der Waals surface area contributed by atoms with Crippen LogP contribution in [0.3, 0.4) is 0 Å². The number of carbonyl (C=O) groups is 1. The van der Waals surface area contributed by atoms with E-state index in [1.165, 1.54) is 35.7 Å². The van der Waals surface area contributed by atoms with E-state index in [4.69, 9.17) is 10.4 Å². The van der Waals surface area contributed by atoms with Crippen LogP contribution < -0.4 is 4.89 Å². The smallest absolute Gasteiger partial charge is 0.339 e. The number of hydrogen-bond acceptors (Lipinski definition) is 6. The summed E-state index contributed by atoms with van der Waals surface area (Å²) in [5.41, 5.74) is -0.0591. The highest BCUT2D eigenvalue weighted by Gasteiger charge is 2.16. The molecule has 5 nitrogen and oxygen atoms in total. The standard InChI is InChI=1S/C9H10O5S2/c1-15-7-3-5(9(10)11)6(13-14-12)4-8(7)16-2/h3-4,12H,1-2H3,(H,10,11). The Bertz CT molecular complexity index is 394. The number of rotatable bonds is 5. The number of carboxylic acids is 1. The molecule has 0 heterocycles. The second-order valence-corrected chi connectivity index (χ2v) is 4.36. The number of carboxylic acid groups (broad SMARTS) is 1. The van der Waals surface area contributed by atoms with Crippen molar-refractivity contribution in [3.8, 4) is 5.75 Å². The summed E-state index contributed by atoms with van der Waals surface area (Å²) in [6.07, 6.45) is 3.71. The molecule has 1 aromatic carbocycles. The van der Waals surface area contributed by atoms with Crippen molar-refractivity contribution in [2.75, 3.05) is 12.5 Å². The molecule has 0 spiro atoms. The van der Waals surface area contributed by atoms with Crippen LogP contribution in [0.15, 0.2) is 21.9 Å². The lowest BCUT2D eigenvalue weighted by atomic mass is 10.2. The summed E-state index contributed by atoms with van der Waals surface area (Å²) in [5, 5.41) is 20.6. The Balaban J connectivity index is 3.29. The van der Waals surface area contributed by atoms with Crippen molar-refractivity contribution < 1.29 is 25.1 Å². The van der Waals surface area contributed by atoms with Gasteiger partial charge in [-0.05, 0) is 23.6 Å². The Morgan fingerprint density at radius 2 is 1.81 bits per heavy atom. The number of aromatic carboxylic acids is 1. The first-order valence-electron chi connectivity index (χ1n) is 4.11. The van der Waals surface area contributed by atoms with E-state index in [0.717, 1.165) is 9.79 Å². The van der Waals surface area contributed by atoms with Gasteiger partial charge in [-0.3, -0.25) is 0 Å². The van der Waals surface area contributed by atoms with Gasteiger partial charge in [0.15, 0.2) is 5.75 Å². The molecule has 0 aromatic heterocycles. The Hall–Kier alpha value is -0.890. The van der Waals surface area contributed by atoms with E-state index in [1.54, 1.807) is 0 Å². The van der Waals surface area contributed by atoms with Gasteiger partial charge in [-0.25, -0.2) is 10.1 Å². The Morgan fingerprint density at radius 3 is 2.25 bits per heavy atom. The van der Waals surface area contributed by atoms with Crippen LogP contribution in [0.4, 0.5) is 0 Å². The third-order valence-corrected chi connectivity index (χ3v) is 3.53. The number of hydrogen-bond donors (Lipinski definition) is 2. The van der Waals surface area contributed by atoms with Crippen molar-refractivity contribution in [3.05, 3.63) is 17.7 Å². The SMILES string of the molecule is CSc1cc(OOO)c(C(=O)O)cc1SC. The van der Waals surface area contributed by atoms with Crippen LogP contribution in [0.5, 0.6) is 5.75 Å². The first kappa shape index (κ1) is 13.2. The van der Waals surface area contributed by atoms with Gasteiger partial charge < -0.3 is 9.99 Å². The molecule has 0 saturated heterocycles. The van der Waals surface area contributed by atoms with Gasteiger partial charge in [0.2, 0.25) is 0 Å². The zero-order valence-electron chi connectivity index (χ0n) is 8.59. The number of thioether (sulfide) groups is 2. The molecule has 0 saturated carbocycles. The van der Waals surface area contributed by atoms with E-state index >= 15 is 0 Å². The Labute approximate surface area is 101 Å². The van der Waals surface area contributed by atoms with Crippen LogP contribution >= 0.6 is 23.5 Å². The largest absolute Gasteiger partial charge is 0.478 e. The fourth-order valence-corrected chi connectivity index (χ4v) is 2.62. The maximum absolute atomic E-state index is 10.9. The van der Waals surface area contributed by atoms with Crippen molar-refractivity contribution in [1.29, 1.82) is 0 Å². The molecule has 7 heteroatoms. The molecular weight excluding hydrogens is 252 g/mol. The van der Waals surface area contributed by atoms with Gasteiger partial charge in [0.05, 0.1) is 0 Å². The van der Waals surface area contributed by atoms with E-state index in [-0.39, 0.29) is 11.3 Å². The van der Waals surface area contributed by atoms with E-state index in [1.807, 2.05) is 12.5 Å². The lowest BCUT2D eigenvalue weighted by molar-refractivity contribution is -0.439. The molecule has 0 radical (unpaired) electrons. The van der Waals surface area contributed by atoms with Gasteiger partial charge in [-0.15, -0.1) is 23.5 Å². The van der Waals surface area contributed by atoms with Crippen LogP contribution in [0.1, 0.15) is 10.4 Å². The predicted octanol–water partition coefficient (Wildman–Crippen LogP) is 2.61. The number of benzene rings is 1. The molecule has 0 aliphatic rings. The molecule has 1 aromatic rings. The lowest BCUT2D eigenvalue weighted by Gasteiger charge is -2.09. The fourth-order valence-electron chi connectivity index (χ4n) is 1.14. The van der Waals surface area contributed by atoms with Gasteiger partial charge >= 0.3 is 5.97 Å². The summed E-state index contributed by atoms with van der Waals surface area (Å²) in [6, 6.07) is 2.99. The molecular formula is C9H10O5S2. The van der Waals surface area contributed by atoms with Crippen LogP contribution in [0, 0.1) is 0 Å². The predicted molar refractivity (Wildman–Crippen MR) is 61.3 cm³/mol. The molecule has 0 bridgehead atoms. The molecule has 88 valence electrons. The van der Waals surface area contributed by atoms with Gasteiger partial charge in [0, 0.05) is 15.9 Å². The summed E-state index contributed by atoms with van der Waals surface area (Å²) in [6.45, 7) is 0. The maximum atomic E-state index is 10.9. The van der Waals surface area contributed by atoms with Gasteiger partial charge in [-0.2, -0.15) is 0 Å². The summed E-state index contributed by atoms with van der Waals surface area (Å²) in [7, 11) is 0. The Morgan fingerprint density at radius 1 is 1.25 bits per heavy atom. The quantitative estimate of drug-likeness (QED) is 0.480. The molecule has 0 aliphatic carbocycles. The van der Waals surface area contributed by atoms with Crippen LogP contribution in [0.2, 0.25) is 0 Å². The minimum atomic E-state index is -1.14. The molecule has 0 atom stereocenters. The topological polar surface area (TPSA) is 76.0 Å². The van der Waals surface area contributed by atoms with Crippen LogP contribution in [-0.4, -0.2) is 28.8 Å². The molecule has 16 heavy (non-hydrogen) atoms. The summed E-state index contributed by atoms with van der Waals surface area (Å²) < 4.78 is 0. The molecule has 0 unspecified atom stereocenters. The minimum absolute atomic E-state index is 0.0304. The summed E-state index contributed by atoms with van der Waals surface area (Å²) >= 11 is 2.88. The maximum Gasteiger partial charge on any atom is 0.339 e. The van der Waals surface area contributed by atoms with Crippen molar-refractivity contribution in [3.63, 3.8) is 0 Å². The first-order chi connectivity index (χ1) is 7.63. The van der Waals surface area contributed by atoms with Crippen molar-refractivity contribution in [2.45, 2.75) is 9.79 Å². The van der Waals surface area contributed by atoms with Crippen molar-refractivity contribution in [1.82, 2.24) is 0 Å². The Kier molecular flexibility index (Phi) is 4.94. The van der Waals surface area contributed by atoms with E-state index in [2.05, 4.69) is 9.93 Å². The molecule has 0 aliphatic heterocycles. The van der Waals surface area contributed by atoms with Crippen molar-refractivity contribution in [2.24, 2.45) is 0 Å². The first-order valence-corrected chi connectivity index (χ1v) is 6.56. The molecule has 0 fully saturated rings. The van der Waals surface area contributed by atoms with E-state index in [0.29, 0.717) is 0 Å². The molecule has 1 rings (SSSR count). The zero-order valence-corrected chi connectivity index (χ0v) is 10.2. The monoisotopic (exact) mass is 262 g/mol. The highest BCUT2D eigenvalue weighted by atomic mass is 32.2. The summed E-state index contributed by atoms with van der Waals surface area (Å²) in [5.74, 6) is -1.17. The second-order valence-electron chi connectivity index (χ2n) is 2.67. The van der Waals surface area contributed by atoms with E-state index in [9.17, 15) is 4.79 Å². The lowest BCUT2D eigenvalue weighted by Crippen LogP contribution is -2.03. The normalized spacial score (nSPS) is 10.2. The average molecular weight is 262 g/mol. The van der Waals surface area contributed by atoms with Gasteiger partial charge in [-0.1, -0.05) is 0 Å². The minimum Gasteiger partial charge on any atom is -0.478 e. The molecule has 2 N–H and O–H groups in total. The second kappa shape index (κ2) is 6.00. The van der Waals surface area contributed by atoms with Gasteiger partial charge in [0.25, 0.3) is 0 Å².